The van der Waals surface area contributed by atoms with E-state index in [-0.39, 0.29) is 11.8 Å². The highest BCUT2D eigenvalue weighted by atomic mass is 35.5. The molecule has 0 aliphatic carbocycles. The van der Waals surface area contributed by atoms with Crippen LogP contribution in [0.3, 0.4) is 0 Å². The maximum Gasteiger partial charge on any atom is 0.228 e. The van der Waals surface area contributed by atoms with Crippen molar-refractivity contribution in [1.29, 1.82) is 0 Å². The molecule has 26 heavy (non-hydrogen) atoms. The Balaban J connectivity index is 2.06. The van der Waals surface area contributed by atoms with Gasteiger partial charge in [-0.15, -0.1) is 0 Å². The molecule has 0 bridgehead atoms. The summed E-state index contributed by atoms with van der Waals surface area (Å²) in [4.78, 5) is 20.9. The van der Waals surface area contributed by atoms with Crippen LogP contribution in [0.2, 0.25) is 5.02 Å². The minimum absolute atomic E-state index is 0.123. The number of amides is 1. The predicted octanol–water partition coefficient (Wildman–Crippen LogP) is 4.07. The molecule has 0 saturated carbocycles. The fraction of sp³-hybridized carbons (Fsp3) is 0.211. The number of carbonyl (C=O) groups is 1. The van der Waals surface area contributed by atoms with Crippen LogP contribution in [0.25, 0.3) is 0 Å². The van der Waals surface area contributed by atoms with Crippen molar-refractivity contribution in [2.24, 2.45) is 5.92 Å². The van der Waals surface area contributed by atoms with E-state index in [1.54, 1.807) is 55.0 Å². The largest absolute Gasteiger partial charge is 0.375 e. The lowest BCUT2D eigenvalue weighted by Gasteiger charge is -2.27. The average Bonchev–Trinajstić information content (AvgIpc) is 3.11. The number of hydrogen-bond acceptors (Lipinski definition) is 5. The molecule has 7 heteroatoms. The van der Waals surface area contributed by atoms with E-state index in [0.717, 1.165) is 0 Å². The van der Waals surface area contributed by atoms with Crippen LogP contribution in [0.15, 0.2) is 55.0 Å². The van der Waals surface area contributed by atoms with E-state index in [2.05, 4.69) is 15.3 Å². The van der Waals surface area contributed by atoms with Gasteiger partial charge in [0.25, 0.3) is 0 Å². The first-order valence-corrected chi connectivity index (χ1v) is 9.27. The lowest BCUT2D eigenvalue weighted by molar-refractivity contribution is -0.118. The second-order valence-electron chi connectivity index (χ2n) is 6.13. The Bertz CT molecular complexity index is 897. The lowest BCUT2D eigenvalue weighted by atomic mass is 9.86. The van der Waals surface area contributed by atoms with Crippen molar-refractivity contribution in [3.63, 3.8) is 0 Å². The van der Waals surface area contributed by atoms with Gasteiger partial charge < -0.3 is 10.4 Å². The van der Waals surface area contributed by atoms with Crippen LogP contribution in [-0.2, 0) is 10.4 Å². The number of nitrogens with zero attached hydrogens (tertiary/aromatic N) is 2. The maximum atomic E-state index is 11.9. The van der Waals surface area contributed by atoms with Gasteiger partial charge in [-0.1, -0.05) is 55.0 Å². The second-order valence-corrected chi connectivity index (χ2v) is 7.60. The van der Waals surface area contributed by atoms with Gasteiger partial charge in [-0.3, -0.25) is 9.78 Å². The highest BCUT2D eigenvalue weighted by molar-refractivity contribution is 7.15. The van der Waals surface area contributed by atoms with Gasteiger partial charge in [0.2, 0.25) is 5.91 Å². The van der Waals surface area contributed by atoms with Crippen LogP contribution < -0.4 is 5.32 Å². The van der Waals surface area contributed by atoms with E-state index in [9.17, 15) is 9.90 Å². The molecule has 5 nitrogen and oxygen atoms in total. The van der Waals surface area contributed by atoms with Gasteiger partial charge in [0.1, 0.15) is 0 Å². The van der Waals surface area contributed by atoms with Gasteiger partial charge in [-0.05, 0) is 23.8 Å². The van der Waals surface area contributed by atoms with Crippen molar-refractivity contribution < 1.29 is 9.90 Å². The Hall–Kier alpha value is -2.28. The van der Waals surface area contributed by atoms with Crippen molar-refractivity contribution in [3.8, 4) is 0 Å². The van der Waals surface area contributed by atoms with Gasteiger partial charge in [-0.25, -0.2) is 4.98 Å². The van der Waals surface area contributed by atoms with E-state index in [1.165, 1.54) is 11.3 Å². The first-order chi connectivity index (χ1) is 12.4. The fourth-order valence-corrected chi connectivity index (χ4v) is 3.55. The number of nitrogens with one attached hydrogen (secondary N) is 1. The number of thiazole rings is 1. The summed E-state index contributed by atoms with van der Waals surface area (Å²) in [5.74, 6) is -0.280. The molecule has 1 unspecified atom stereocenters. The van der Waals surface area contributed by atoms with Crippen molar-refractivity contribution in [3.05, 3.63) is 76.0 Å². The van der Waals surface area contributed by atoms with Crippen LogP contribution >= 0.6 is 22.9 Å². The maximum absolute atomic E-state index is 11.9. The summed E-state index contributed by atoms with van der Waals surface area (Å²) in [6.45, 7) is 3.62. The minimum Gasteiger partial charge on any atom is -0.375 e. The topological polar surface area (TPSA) is 75.1 Å². The number of benzene rings is 1. The molecule has 134 valence electrons. The number of rotatable bonds is 5. The molecule has 1 atom stereocenters. The summed E-state index contributed by atoms with van der Waals surface area (Å²) >= 11 is 7.22. The molecule has 3 aromatic rings. The van der Waals surface area contributed by atoms with E-state index in [1.807, 2.05) is 13.8 Å². The Morgan fingerprint density at radius 2 is 1.92 bits per heavy atom. The Morgan fingerprint density at radius 3 is 2.54 bits per heavy atom. The summed E-state index contributed by atoms with van der Waals surface area (Å²) in [6.07, 6.45) is 4.83. The fourth-order valence-electron chi connectivity index (χ4n) is 2.47. The Labute approximate surface area is 160 Å². The summed E-state index contributed by atoms with van der Waals surface area (Å²) in [6, 6.07) is 10.5. The molecule has 2 N–H and O–H groups in total. The van der Waals surface area contributed by atoms with Crippen LogP contribution in [-0.4, -0.2) is 21.0 Å². The molecule has 3 rings (SSSR count). The number of anilines is 1. The van der Waals surface area contributed by atoms with Crippen molar-refractivity contribution >= 4 is 34.0 Å². The minimum atomic E-state index is -1.45. The lowest BCUT2D eigenvalue weighted by Crippen LogP contribution is -2.27. The zero-order chi connectivity index (χ0) is 18.7. The van der Waals surface area contributed by atoms with Gasteiger partial charge in [0, 0.05) is 35.1 Å². The van der Waals surface area contributed by atoms with Crippen LogP contribution in [0.5, 0.6) is 0 Å². The third kappa shape index (κ3) is 3.62. The quantitative estimate of drug-likeness (QED) is 0.692. The van der Waals surface area contributed by atoms with Gasteiger partial charge in [0.05, 0.1) is 4.88 Å². The van der Waals surface area contributed by atoms with E-state index in [4.69, 9.17) is 11.6 Å². The molecule has 0 spiro atoms. The highest BCUT2D eigenvalue weighted by Gasteiger charge is 2.36. The number of hydrogen-bond donors (Lipinski definition) is 2. The normalized spacial score (nSPS) is 13.4. The van der Waals surface area contributed by atoms with Crippen LogP contribution in [0.1, 0.15) is 29.9 Å². The molecule has 0 aliphatic heterocycles. The number of aliphatic hydroxyl groups is 1. The molecular formula is C19H18ClN3O2S. The average molecular weight is 388 g/mol. The monoisotopic (exact) mass is 387 g/mol. The Kier molecular flexibility index (Phi) is 5.36. The number of pyridine rings is 1. The summed E-state index contributed by atoms with van der Waals surface area (Å²) in [5, 5.41) is 15.4. The highest BCUT2D eigenvalue weighted by Crippen LogP contribution is 2.40. The van der Waals surface area contributed by atoms with E-state index < -0.39 is 5.60 Å². The summed E-state index contributed by atoms with van der Waals surface area (Å²) in [5.41, 5.74) is -0.204. The second kappa shape index (κ2) is 7.53. The molecule has 0 saturated heterocycles. The zero-order valence-corrected chi connectivity index (χ0v) is 15.9. The van der Waals surface area contributed by atoms with E-state index in [0.29, 0.717) is 26.2 Å². The summed E-state index contributed by atoms with van der Waals surface area (Å²) < 4.78 is 0. The number of aromatic nitrogens is 2. The molecular weight excluding hydrogens is 370 g/mol. The number of halogens is 1. The smallest absolute Gasteiger partial charge is 0.228 e. The van der Waals surface area contributed by atoms with Crippen LogP contribution in [0.4, 0.5) is 5.13 Å². The first-order valence-electron chi connectivity index (χ1n) is 8.07. The molecule has 1 amide bonds. The third-order valence-corrected chi connectivity index (χ3v) is 5.23. The molecule has 0 aliphatic rings. The predicted molar refractivity (Wildman–Crippen MR) is 103 cm³/mol. The van der Waals surface area contributed by atoms with Gasteiger partial charge in [-0.2, -0.15) is 0 Å². The first kappa shape index (κ1) is 18.5. The van der Waals surface area contributed by atoms with Crippen molar-refractivity contribution in [2.45, 2.75) is 19.4 Å². The zero-order valence-electron chi connectivity index (χ0n) is 14.3. The van der Waals surface area contributed by atoms with Crippen molar-refractivity contribution in [2.75, 3.05) is 5.32 Å². The SMILES string of the molecule is CC(C)C(=O)Nc1ncc(C(O)(c2ccc(Cl)cc2)c2cccnc2)s1. The van der Waals surface area contributed by atoms with Gasteiger partial charge in [0.15, 0.2) is 10.7 Å². The molecule has 0 fully saturated rings. The van der Waals surface area contributed by atoms with E-state index >= 15 is 0 Å². The molecule has 2 heterocycles. The standard InChI is InChI=1S/C19H18ClN3O2S/c1-12(2)17(24)23-18-22-11-16(26-18)19(25,14-4-3-9-21-10-14)13-5-7-15(20)8-6-13/h3-12,25H,1-2H3,(H,22,23,24). The van der Waals surface area contributed by atoms with Crippen molar-refractivity contribution in [1.82, 2.24) is 9.97 Å². The third-order valence-electron chi connectivity index (χ3n) is 3.96. The molecule has 0 radical (unpaired) electrons. The molecule has 1 aromatic carbocycles. The summed E-state index contributed by atoms with van der Waals surface area (Å²) in [7, 11) is 0. The van der Waals surface area contributed by atoms with Crippen LogP contribution in [0, 0.1) is 5.92 Å². The number of carbonyl (C=O) groups excluding carboxylic acids is 1. The molecule has 2 aromatic heterocycles. The Morgan fingerprint density at radius 1 is 1.19 bits per heavy atom. The van der Waals surface area contributed by atoms with Gasteiger partial charge >= 0.3 is 0 Å².